The Kier molecular flexibility index (Phi) is 9.29. The molecule has 0 bridgehead atoms. The van der Waals surface area contributed by atoms with Crippen LogP contribution in [0.3, 0.4) is 0 Å². The molecule has 0 radical (unpaired) electrons. The molecule has 0 spiro atoms. The van der Waals surface area contributed by atoms with Crippen molar-refractivity contribution in [2.75, 3.05) is 0 Å². The number of pyridine rings is 1. The van der Waals surface area contributed by atoms with Crippen LogP contribution in [0.1, 0.15) is 65.9 Å². The highest BCUT2D eigenvalue weighted by Crippen LogP contribution is 2.43. The third-order valence-electron chi connectivity index (χ3n) is 11.5. The van der Waals surface area contributed by atoms with Crippen LogP contribution < -0.4 is 0 Å². The molecule has 60 heavy (non-hydrogen) atoms. The monoisotopic (exact) mass is 782 g/mol. The van der Waals surface area contributed by atoms with Gasteiger partial charge in [-0.05, 0) is 136 Å². The van der Waals surface area contributed by atoms with Crippen molar-refractivity contribution in [2.45, 2.75) is 53.3 Å². The predicted octanol–water partition coefficient (Wildman–Crippen LogP) is 15.0. The molecule has 0 atom stereocenters. The van der Waals surface area contributed by atoms with E-state index in [-0.39, 0.29) is 23.1 Å². The second-order valence-corrected chi connectivity index (χ2v) is 16.3. The highest BCUT2D eigenvalue weighted by Gasteiger charge is 2.24. The van der Waals surface area contributed by atoms with Gasteiger partial charge in [-0.2, -0.15) is 0 Å². The third kappa shape index (κ3) is 7.30. The number of hydrogen-bond donors (Lipinski definition) is 1. The normalized spacial score (nSPS) is 12.5. The number of aromatic hydroxyl groups is 1. The van der Waals surface area contributed by atoms with Crippen molar-refractivity contribution < 1.29 is 9.22 Å². The van der Waals surface area contributed by atoms with Gasteiger partial charge in [0.15, 0.2) is 0 Å². The van der Waals surface area contributed by atoms with Crippen LogP contribution in [0.5, 0.6) is 5.75 Å². The maximum absolute atomic E-state index is 12.2. The third-order valence-corrected chi connectivity index (χ3v) is 11.5. The molecule has 9 rings (SSSR count). The van der Waals surface area contributed by atoms with Gasteiger partial charge in [-0.1, -0.05) is 142 Å². The number of imidazole rings is 1. The molecule has 0 aliphatic heterocycles. The van der Waals surface area contributed by atoms with Crippen molar-refractivity contribution in [2.24, 2.45) is 0 Å². The van der Waals surface area contributed by atoms with Crippen LogP contribution in [0, 0.1) is 13.8 Å². The zero-order valence-electron chi connectivity index (χ0n) is 37.6. The molecule has 0 unspecified atom stereocenters. The smallest absolute Gasteiger partial charge is 0.149 e. The van der Waals surface area contributed by atoms with E-state index < -0.39 is 6.85 Å². The van der Waals surface area contributed by atoms with Crippen molar-refractivity contribution in [3.05, 3.63) is 192 Å². The first kappa shape index (κ1) is 35.0. The summed E-state index contributed by atoms with van der Waals surface area (Å²) >= 11 is 0. The van der Waals surface area contributed by atoms with Crippen LogP contribution in [0.2, 0.25) is 0 Å². The Bertz CT molecular complexity index is 3110. The zero-order valence-corrected chi connectivity index (χ0v) is 34.6. The van der Waals surface area contributed by atoms with Gasteiger partial charge in [0.25, 0.3) is 0 Å². The van der Waals surface area contributed by atoms with Crippen LogP contribution >= 0.6 is 0 Å². The summed E-state index contributed by atoms with van der Waals surface area (Å²) in [7, 11) is 0. The molecule has 4 nitrogen and oxygen atoms in total. The summed E-state index contributed by atoms with van der Waals surface area (Å²) in [5.41, 5.74) is 15.5. The quantitative estimate of drug-likeness (QED) is 0.159. The molecule has 1 N–H and O–H groups in total. The summed E-state index contributed by atoms with van der Waals surface area (Å²) < 4.78 is 28.2. The lowest BCUT2D eigenvalue weighted by molar-refractivity contribution is 0.466. The Morgan fingerprint density at radius 3 is 1.97 bits per heavy atom. The SMILES string of the molecule is [2H]C([2H])([2H])c1cc(-n2c(-c3cc(C(C)C)cc(C(C)C)c3O)nc3c(-c4cc(-c5ccccc5)cc(-c5cc(-c6ccc(C)cc6)ccn5)c4)cccc32)ccc1-c1ccccc1. The Balaban J connectivity index is 1.32. The van der Waals surface area contributed by atoms with E-state index in [9.17, 15) is 5.11 Å². The zero-order chi connectivity index (χ0) is 44.0. The Morgan fingerprint density at radius 1 is 0.550 bits per heavy atom. The average Bonchev–Trinajstić information content (AvgIpc) is 3.69. The van der Waals surface area contributed by atoms with Crippen molar-refractivity contribution in [1.29, 1.82) is 0 Å². The standard InChI is InChI=1S/C56H49N3O/c1-35(2)43-32-50(36(3)4)55(60)51(33-43)56-58-54-49(18-13-19-53(54)59(56)47-24-25-48(38(6)28-47)41-16-11-8-12-17-41)45-29-44(39-14-9-7-10-15-39)30-46(31-45)52-34-42(26-27-57-52)40-22-20-37(5)21-23-40/h7-36,60H,1-6H3/i6D3. The topological polar surface area (TPSA) is 50.9 Å². The second kappa shape index (κ2) is 16.0. The maximum Gasteiger partial charge on any atom is 0.149 e. The lowest BCUT2D eigenvalue weighted by Crippen LogP contribution is -2.02. The van der Waals surface area contributed by atoms with Crippen LogP contribution in [-0.4, -0.2) is 19.6 Å². The van der Waals surface area contributed by atoms with Crippen LogP contribution in [0.4, 0.5) is 0 Å². The minimum atomic E-state index is -2.41. The maximum atomic E-state index is 12.2. The van der Waals surface area contributed by atoms with Gasteiger partial charge in [0.1, 0.15) is 11.6 Å². The fourth-order valence-electron chi connectivity index (χ4n) is 8.18. The minimum absolute atomic E-state index is 0.0421. The summed E-state index contributed by atoms with van der Waals surface area (Å²) in [6.45, 7) is 8.14. The molecule has 2 heterocycles. The number of hydrogen-bond acceptors (Lipinski definition) is 3. The molecular weight excluding hydrogens is 731 g/mol. The van der Waals surface area contributed by atoms with Gasteiger partial charge >= 0.3 is 0 Å². The number of aromatic nitrogens is 3. The average molecular weight is 783 g/mol. The second-order valence-electron chi connectivity index (χ2n) is 16.3. The minimum Gasteiger partial charge on any atom is -0.507 e. The first-order valence-corrected chi connectivity index (χ1v) is 20.7. The highest BCUT2D eigenvalue weighted by atomic mass is 16.3. The van der Waals surface area contributed by atoms with Gasteiger partial charge < -0.3 is 5.11 Å². The highest BCUT2D eigenvalue weighted by molar-refractivity contribution is 5.98. The van der Waals surface area contributed by atoms with E-state index in [4.69, 9.17) is 14.1 Å². The lowest BCUT2D eigenvalue weighted by Gasteiger charge is -2.18. The van der Waals surface area contributed by atoms with Crippen LogP contribution in [0.25, 0.3) is 83.9 Å². The number of rotatable bonds is 9. The fourth-order valence-corrected chi connectivity index (χ4v) is 8.18. The van der Waals surface area contributed by atoms with Crippen LogP contribution in [0.15, 0.2) is 170 Å². The Labute approximate surface area is 357 Å². The van der Waals surface area contributed by atoms with E-state index in [1.807, 2.05) is 95.7 Å². The summed E-state index contributed by atoms with van der Waals surface area (Å²) in [6.07, 6.45) is 1.87. The molecule has 294 valence electrons. The predicted molar refractivity (Wildman–Crippen MR) is 251 cm³/mol. The molecule has 2 aromatic heterocycles. The number of para-hydroxylation sites is 1. The van der Waals surface area contributed by atoms with Gasteiger partial charge in [-0.15, -0.1) is 0 Å². The lowest BCUT2D eigenvalue weighted by atomic mass is 9.91. The number of phenolic OH excluding ortho intramolecular Hbond substituents is 1. The number of benzene rings is 7. The summed E-state index contributed by atoms with van der Waals surface area (Å²) in [6, 6.07) is 55.2. The van der Waals surface area contributed by atoms with E-state index >= 15 is 0 Å². The van der Waals surface area contributed by atoms with E-state index in [1.54, 1.807) is 6.07 Å². The molecule has 0 saturated heterocycles. The molecule has 9 aromatic rings. The van der Waals surface area contributed by atoms with Crippen LogP contribution in [-0.2, 0) is 0 Å². The molecule has 0 aliphatic carbocycles. The Hall–Kier alpha value is -7.04. The molecule has 0 aliphatic rings. The number of phenols is 1. The summed E-state index contributed by atoms with van der Waals surface area (Å²) in [5, 5.41) is 12.2. The fraction of sp³-hybridized carbons (Fsp3) is 0.143. The number of fused-ring (bicyclic) bond motifs is 1. The van der Waals surface area contributed by atoms with Crippen molar-refractivity contribution >= 4 is 11.0 Å². The number of nitrogens with zero attached hydrogens (tertiary/aromatic N) is 3. The molecule has 0 saturated carbocycles. The number of aryl methyl sites for hydroxylation is 2. The largest absolute Gasteiger partial charge is 0.507 e. The van der Waals surface area contributed by atoms with Gasteiger partial charge in [-0.25, -0.2) is 4.98 Å². The van der Waals surface area contributed by atoms with Crippen molar-refractivity contribution in [1.82, 2.24) is 14.5 Å². The first-order chi connectivity index (χ1) is 30.3. The van der Waals surface area contributed by atoms with Gasteiger partial charge in [0, 0.05) is 27.1 Å². The van der Waals surface area contributed by atoms with Gasteiger partial charge in [-0.3, -0.25) is 9.55 Å². The van der Waals surface area contributed by atoms with E-state index in [0.29, 0.717) is 28.2 Å². The summed E-state index contributed by atoms with van der Waals surface area (Å²) in [5.74, 6) is 0.910. The van der Waals surface area contributed by atoms with Gasteiger partial charge in [0.05, 0.1) is 22.3 Å². The molecule has 4 heteroatoms. The van der Waals surface area contributed by atoms with Gasteiger partial charge in [0.2, 0.25) is 0 Å². The molecular formula is C56H49N3O. The molecule has 0 amide bonds. The summed E-state index contributed by atoms with van der Waals surface area (Å²) in [4.78, 5) is 10.4. The Morgan fingerprint density at radius 2 is 1.25 bits per heavy atom. The van der Waals surface area contributed by atoms with E-state index in [0.717, 1.165) is 66.8 Å². The van der Waals surface area contributed by atoms with Crippen molar-refractivity contribution in [3.63, 3.8) is 0 Å². The van der Waals surface area contributed by atoms with Crippen molar-refractivity contribution in [3.8, 4) is 78.6 Å². The first-order valence-electron chi connectivity index (χ1n) is 22.2. The van der Waals surface area contributed by atoms with E-state index in [1.165, 1.54) is 5.56 Å². The molecule has 0 fully saturated rings. The van der Waals surface area contributed by atoms with E-state index in [2.05, 4.69) is 107 Å². The molecule has 7 aromatic carbocycles.